The molecule has 0 N–H and O–H groups in total. The molecular formula is C20H22N2O3S. The number of amides is 2. The summed E-state index contributed by atoms with van der Waals surface area (Å²) >= 11 is 0. The first-order valence-electron chi connectivity index (χ1n) is 8.77. The second-order valence-electron chi connectivity index (χ2n) is 7.27. The highest BCUT2D eigenvalue weighted by Gasteiger charge is 2.54. The third kappa shape index (κ3) is 2.88. The molecule has 2 aromatic rings. The summed E-state index contributed by atoms with van der Waals surface area (Å²) in [5.41, 5.74) is 3.86. The minimum Gasteiger partial charge on any atom is -0.314 e. The summed E-state index contributed by atoms with van der Waals surface area (Å²) in [5, 5.41) is 0. The fraction of sp³-hybridized carbons (Fsp3) is 0.350. The van der Waals surface area contributed by atoms with Crippen molar-refractivity contribution < 1.29 is 13.2 Å². The van der Waals surface area contributed by atoms with Crippen LogP contribution in [0, 0.1) is 13.8 Å². The molecule has 2 heterocycles. The molecular weight excluding hydrogens is 348 g/mol. The number of aryl methyl sites for hydroxylation is 2. The molecule has 2 aromatic carbocycles. The largest absolute Gasteiger partial charge is 0.325 e. The van der Waals surface area contributed by atoms with E-state index < -0.39 is 9.84 Å². The predicted molar refractivity (Wildman–Crippen MR) is 102 cm³/mol. The summed E-state index contributed by atoms with van der Waals surface area (Å²) in [6, 6.07) is 15.0. The number of sulfone groups is 1. The summed E-state index contributed by atoms with van der Waals surface area (Å²) in [7, 11) is -3.15. The minimum atomic E-state index is -3.15. The number of urea groups is 1. The standard InChI is InChI=1S/C20H22N2O3S/c1-14-8-9-15(2)17(10-14)22-19-13-26(24,25)12-18(19)21(20(22)23)11-16-6-4-3-5-7-16/h3-10,18-19H,11-13H2,1-2H3/t18-,19+/m1/s1. The smallest absolute Gasteiger partial charge is 0.314 e. The number of nitrogens with zero attached hydrogens (tertiary/aromatic N) is 2. The number of anilines is 1. The summed E-state index contributed by atoms with van der Waals surface area (Å²) in [5.74, 6) is 0.0691. The highest BCUT2D eigenvalue weighted by atomic mass is 32.2. The first kappa shape index (κ1) is 17.1. The lowest BCUT2D eigenvalue weighted by molar-refractivity contribution is 0.206. The summed E-state index contributed by atoms with van der Waals surface area (Å²) in [4.78, 5) is 16.7. The molecule has 2 aliphatic rings. The predicted octanol–water partition coefficient (Wildman–Crippen LogP) is 2.91. The van der Waals surface area contributed by atoms with Crippen LogP contribution in [0.2, 0.25) is 0 Å². The van der Waals surface area contributed by atoms with Gasteiger partial charge in [-0.3, -0.25) is 4.90 Å². The van der Waals surface area contributed by atoms with Gasteiger partial charge in [-0.15, -0.1) is 0 Å². The average molecular weight is 370 g/mol. The van der Waals surface area contributed by atoms with Gasteiger partial charge < -0.3 is 4.90 Å². The van der Waals surface area contributed by atoms with E-state index in [-0.39, 0.29) is 29.6 Å². The lowest BCUT2D eigenvalue weighted by Gasteiger charge is -2.24. The lowest BCUT2D eigenvalue weighted by atomic mass is 10.1. The molecule has 2 aliphatic heterocycles. The Hall–Kier alpha value is -2.34. The van der Waals surface area contributed by atoms with E-state index in [0.29, 0.717) is 6.54 Å². The van der Waals surface area contributed by atoms with Gasteiger partial charge in [0.2, 0.25) is 0 Å². The first-order chi connectivity index (χ1) is 12.4. The van der Waals surface area contributed by atoms with Crippen molar-refractivity contribution in [3.05, 3.63) is 65.2 Å². The quantitative estimate of drug-likeness (QED) is 0.781. The van der Waals surface area contributed by atoms with E-state index in [4.69, 9.17) is 0 Å². The molecule has 0 spiro atoms. The number of rotatable bonds is 3. The summed E-state index contributed by atoms with van der Waals surface area (Å²) in [6.07, 6.45) is 0. The van der Waals surface area contributed by atoms with Crippen molar-refractivity contribution in [2.24, 2.45) is 0 Å². The van der Waals surface area contributed by atoms with Crippen molar-refractivity contribution >= 4 is 21.6 Å². The molecule has 0 aliphatic carbocycles. The molecule has 6 heteroatoms. The van der Waals surface area contributed by atoms with Crippen LogP contribution in [0.1, 0.15) is 16.7 Å². The Morgan fingerprint density at radius 2 is 1.69 bits per heavy atom. The van der Waals surface area contributed by atoms with Crippen molar-refractivity contribution in [1.82, 2.24) is 4.90 Å². The zero-order valence-corrected chi connectivity index (χ0v) is 15.7. The van der Waals surface area contributed by atoms with Gasteiger partial charge in [-0.05, 0) is 36.6 Å². The second kappa shape index (κ2) is 6.13. The summed E-state index contributed by atoms with van der Waals surface area (Å²) < 4.78 is 24.6. The molecule has 0 aromatic heterocycles. The van der Waals surface area contributed by atoms with Gasteiger partial charge in [0.1, 0.15) is 0 Å². The number of fused-ring (bicyclic) bond motifs is 1. The van der Waals surface area contributed by atoms with Gasteiger partial charge in [-0.25, -0.2) is 13.2 Å². The van der Waals surface area contributed by atoms with Gasteiger partial charge in [-0.1, -0.05) is 42.5 Å². The molecule has 2 atom stereocenters. The Labute approximate surface area is 154 Å². The normalized spacial score (nSPS) is 24.2. The Kier molecular flexibility index (Phi) is 4.03. The fourth-order valence-corrected chi connectivity index (χ4v) is 5.95. The van der Waals surface area contributed by atoms with Crippen molar-refractivity contribution in [1.29, 1.82) is 0 Å². The first-order valence-corrected chi connectivity index (χ1v) is 10.6. The monoisotopic (exact) mass is 370 g/mol. The molecule has 2 fully saturated rings. The lowest BCUT2D eigenvalue weighted by Crippen LogP contribution is -2.38. The number of benzene rings is 2. The van der Waals surface area contributed by atoms with E-state index in [9.17, 15) is 13.2 Å². The summed E-state index contributed by atoms with van der Waals surface area (Å²) in [6.45, 7) is 4.37. The van der Waals surface area contributed by atoms with Crippen LogP contribution >= 0.6 is 0 Å². The van der Waals surface area contributed by atoms with Crippen molar-refractivity contribution in [3.63, 3.8) is 0 Å². The third-order valence-corrected chi connectivity index (χ3v) is 7.00. The van der Waals surface area contributed by atoms with Crippen LogP contribution in [-0.4, -0.2) is 42.9 Å². The SMILES string of the molecule is Cc1ccc(C)c(N2C(=O)N(Cc3ccccc3)[C@@H]3CS(=O)(=O)C[C@@H]32)c1. The van der Waals surface area contributed by atoms with Crippen molar-refractivity contribution in [3.8, 4) is 0 Å². The fourth-order valence-electron chi connectivity index (χ4n) is 4.00. The molecule has 5 nitrogen and oxygen atoms in total. The van der Waals surface area contributed by atoms with Crippen LogP contribution in [0.3, 0.4) is 0 Å². The average Bonchev–Trinajstić information content (AvgIpc) is 3.02. The molecule has 4 rings (SSSR count). The number of hydrogen-bond acceptors (Lipinski definition) is 3. The van der Waals surface area contributed by atoms with Gasteiger partial charge in [0.05, 0.1) is 23.6 Å². The highest BCUT2D eigenvalue weighted by molar-refractivity contribution is 7.91. The van der Waals surface area contributed by atoms with Crippen LogP contribution < -0.4 is 4.90 Å². The van der Waals surface area contributed by atoms with Crippen molar-refractivity contribution in [2.45, 2.75) is 32.5 Å². The van der Waals surface area contributed by atoms with E-state index in [2.05, 4.69) is 0 Å². The molecule has 2 amide bonds. The van der Waals surface area contributed by atoms with E-state index in [1.54, 1.807) is 9.80 Å². The minimum absolute atomic E-state index is 0.0298. The molecule has 0 radical (unpaired) electrons. The highest BCUT2D eigenvalue weighted by Crippen LogP contribution is 2.37. The molecule has 0 unspecified atom stereocenters. The van der Waals surface area contributed by atoms with Gasteiger partial charge in [0, 0.05) is 12.2 Å². The topological polar surface area (TPSA) is 57.7 Å². The Balaban J connectivity index is 1.75. The number of carbonyl (C=O) groups is 1. The van der Waals surface area contributed by atoms with Gasteiger partial charge in [0.25, 0.3) is 0 Å². The van der Waals surface area contributed by atoms with Crippen LogP contribution in [-0.2, 0) is 16.4 Å². The van der Waals surface area contributed by atoms with E-state index in [1.807, 2.05) is 62.4 Å². The van der Waals surface area contributed by atoms with Crippen molar-refractivity contribution in [2.75, 3.05) is 16.4 Å². The zero-order valence-electron chi connectivity index (χ0n) is 14.9. The molecule has 2 saturated heterocycles. The maximum absolute atomic E-state index is 13.3. The van der Waals surface area contributed by atoms with Crippen LogP contribution in [0.15, 0.2) is 48.5 Å². The van der Waals surface area contributed by atoms with Crippen LogP contribution in [0.4, 0.5) is 10.5 Å². The molecule has 0 saturated carbocycles. The Morgan fingerprint density at radius 1 is 1.00 bits per heavy atom. The third-order valence-electron chi connectivity index (χ3n) is 5.30. The Morgan fingerprint density at radius 3 is 2.42 bits per heavy atom. The van der Waals surface area contributed by atoms with Gasteiger partial charge >= 0.3 is 6.03 Å². The zero-order chi connectivity index (χ0) is 18.5. The van der Waals surface area contributed by atoms with E-state index >= 15 is 0 Å². The van der Waals surface area contributed by atoms with Gasteiger partial charge in [0.15, 0.2) is 9.84 Å². The Bertz CT molecular complexity index is 956. The molecule has 26 heavy (non-hydrogen) atoms. The van der Waals surface area contributed by atoms with Crippen LogP contribution in [0.25, 0.3) is 0 Å². The number of hydrogen-bond donors (Lipinski definition) is 0. The molecule has 136 valence electrons. The van der Waals surface area contributed by atoms with Crippen LogP contribution in [0.5, 0.6) is 0 Å². The van der Waals surface area contributed by atoms with Gasteiger partial charge in [-0.2, -0.15) is 0 Å². The molecule has 0 bridgehead atoms. The van der Waals surface area contributed by atoms with E-state index in [1.165, 1.54) is 0 Å². The second-order valence-corrected chi connectivity index (χ2v) is 9.42. The maximum Gasteiger partial charge on any atom is 0.325 e. The number of carbonyl (C=O) groups excluding carboxylic acids is 1. The van der Waals surface area contributed by atoms with E-state index in [0.717, 1.165) is 22.4 Å². The maximum atomic E-state index is 13.3.